The van der Waals surface area contributed by atoms with Gasteiger partial charge in [-0.25, -0.2) is 14.8 Å². The zero-order chi connectivity index (χ0) is 10.2. The van der Waals surface area contributed by atoms with E-state index >= 15 is 0 Å². The fourth-order valence-electron chi connectivity index (χ4n) is 0.585. The molecular formula is C8H7N3O2S. The molecule has 0 bridgehead atoms. The average molecular weight is 209 g/mol. The number of thiazole rings is 1. The number of carboxylic acid groups (broad SMARTS) is 1. The Morgan fingerprint density at radius 2 is 2.00 bits per heavy atom. The second-order valence-corrected chi connectivity index (χ2v) is 2.86. The first-order chi connectivity index (χ1) is 6.80. The molecule has 0 aliphatic carbocycles. The first-order valence-electron chi connectivity index (χ1n) is 3.61. The molecule has 14 heavy (non-hydrogen) atoms. The van der Waals surface area contributed by atoms with Crippen LogP contribution in [0.1, 0.15) is 10.4 Å². The lowest BCUT2D eigenvalue weighted by Crippen LogP contribution is -1.96. The molecule has 1 N–H and O–H groups in total. The fourth-order valence-corrected chi connectivity index (χ4v) is 0.937. The molecule has 2 rings (SSSR count). The molecule has 0 amide bonds. The third-order valence-corrected chi connectivity index (χ3v) is 1.68. The summed E-state index contributed by atoms with van der Waals surface area (Å²) in [5.41, 5.74) is 1.90. The standard InChI is InChI=1S/C5H4N2O2.C3H3NS/c8-5(9)4-1-6-3-7-2-4;1-2-5-3-4-1/h1-3H,(H,8,9);1-3H. The highest BCUT2D eigenvalue weighted by Gasteiger charge is 1.98. The third kappa shape index (κ3) is 3.72. The van der Waals surface area contributed by atoms with Gasteiger partial charge in [0.05, 0.1) is 11.1 Å². The molecule has 72 valence electrons. The molecule has 6 heteroatoms. The summed E-state index contributed by atoms with van der Waals surface area (Å²) in [5, 5.41) is 10.2. The van der Waals surface area contributed by atoms with Gasteiger partial charge in [-0.3, -0.25) is 4.98 Å². The Bertz CT molecular complexity index is 346. The van der Waals surface area contributed by atoms with Crippen molar-refractivity contribution >= 4 is 17.3 Å². The minimum atomic E-state index is -1.00. The average Bonchev–Trinajstić information content (AvgIpc) is 2.77. The van der Waals surface area contributed by atoms with E-state index < -0.39 is 5.97 Å². The van der Waals surface area contributed by atoms with Crippen LogP contribution in [0.15, 0.2) is 35.8 Å². The zero-order valence-electron chi connectivity index (χ0n) is 7.07. The van der Waals surface area contributed by atoms with Crippen LogP contribution in [0.4, 0.5) is 0 Å². The van der Waals surface area contributed by atoms with Crippen molar-refractivity contribution in [2.24, 2.45) is 0 Å². The van der Waals surface area contributed by atoms with Crippen molar-refractivity contribution < 1.29 is 9.90 Å². The molecule has 0 radical (unpaired) electrons. The van der Waals surface area contributed by atoms with Crippen molar-refractivity contribution in [3.63, 3.8) is 0 Å². The van der Waals surface area contributed by atoms with Gasteiger partial charge in [-0.15, -0.1) is 11.3 Å². The monoisotopic (exact) mass is 209 g/mol. The Hall–Kier alpha value is -1.82. The van der Waals surface area contributed by atoms with Gasteiger partial charge in [-0.2, -0.15) is 0 Å². The predicted molar refractivity (Wildman–Crippen MR) is 51.1 cm³/mol. The van der Waals surface area contributed by atoms with Gasteiger partial charge in [0.1, 0.15) is 6.33 Å². The molecule has 0 aromatic carbocycles. The van der Waals surface area contributed by atoms with Gasteiger partial charge >= 0.3 is 5.97 Å². The van der Waals surface area contributed by atoms with E-state index in [4.69, 9.17) is 5.11 Å². The van der Waals surface area contributed by atoms with E-state index in [1.807, 2.05) is 5.38 Å². The molecule has 0 spiro atoms. The van der Waals surface area contributed by atoms with Gasteiger partial charge in [-0.1, -0.05) is 0 Å². The largest absolute Gasteiger partial charge is 0.478 e. The molecule has 0 aliphatic heterocycles. The number of carbonyl (C=O) groups is 1. The molecule has 0 fully saturated rings. The Kier molecular flexibility index (Phi) is 4.22. The van der Waals surface area contributed by atoms with Crippen molar-refractivity contribution in [2.45, 2.75) is 0 Å². The number of hydrogen-bond acceptors (Lipinski definition) is 5. The molecule has 0 atom stereocenters. The lowest BCUT2D eigenvalue weighted by Gasteiger charge is -1.86. The number of hydrogen-bond donors (Lipinski definition) is 1. The number of rotatable bonds is 1. The summed E-state index contributed by atoms with van der Waals surface area (Å²) in [5.74, 6) is -1.00. The number of aromatic nitrogens is 3. The van der Waals surface area contributed by atoms with E-state index in [1.54, 1.807) is 23.0 Å². The minimum absolute atomic E-state index is 0.109. The SMILES string of the molecule is O=C(O)c1cncnc1.c1cscn1. The first kappa shape index (κ1) is 10.3. The number of aromatic carboxylic acids is 1. The summed E-state index contributed by atoms with van der Waals surface area (Å²) >= 11 is 1.60. The number of carboxylic acids is 1. The van der Waals surface area contributed by atoms with Crippen LogP contribution in [0.2, 0.25) is 0 Å². The Morgan fingerprint density at radius 1 is 1.29 bits per heavy atom. The summed E-state index contributed by atoms with van der Waals surface area (Å²) in [7, 11) is 0. The Balaban J connectivity index is 0.000000165. The van der Waals surface area contributed by atoms with Crippen LogP contribution in [-0.2, 0) is 0 Å². The van der Waals surface area contributed by atoms with Crippen LogP contribution in [-0.4, -0.2) is 26.0 Å². The lowest BCUT2D eigenvalue weighted by atomic mass is 10.4. The van der Waals surface area contributed by atoms with Crippen LogP contribution in [0.25, 0.3) is 0 Å². The van der Waals surface area contributed by atoms with E-state index in [2.05, 4.69) is 15.0 Å². The number of nitrogens with zero attached hydrogens (tertiary/aromatic N) is 3. The molecule has 5 nitrogen and oxygen atoms in total. The van der Waals surface area contributed by atoms with E-state index in [1.165, 1.54) is 18.7 Å². The summed E-state index contributed by atoms with van der Waals surface area (Å²) in [4.78, 5) is 20.9. The van der Waals surface area contributed by atoms with E-state index in [9.17, 15) is 4.79 Å². The van der Waals surface area contributed by atoms with Gasteiger partial charge in [0.25, 0.3) is 0 Å². The van der Waals surface area contributed by atoms with Crippen LogP contribution >= 0.6 is 11.3 Å². The van der Waals surface area contributed by atoms with Gasteiger partial charge in [0.15, 0.2) is 0 Å². The quantitative estimate of drug-likeness (QED) is 0.766. The van der Waals surface area contributed by atoms with Crippen molar-refractivity contribution in [1.82, 2.24) is 15.0 Å². The first-order valence-corrected chi connectivity index (χ1v) is 4.55. The third-order valence-electron chi connectivity index (χ3n) is 1.15. The summed E-state index contributed by atoms with van der Waals surface area (Å²) < 4.78 is 0. The van der Waals surface area contributed by atoms with E-state index in [0.29, 0.717) is 0 Å². The molecule has 0 saturated carbocycles. The molecule has 0 unspecified atom stereocenters. The van der Waals surface area contributed by atoms with Crippen molar-refractivity contribution in [1.29, 1.82) is 0 Å². The highest BCUT2D eigenvalue weighted by atomic mass is 32.1. The Labute approximate surface area is 84.1 Å². The normalized spacial score (nSPS) is 8.57. The molecule has 0 aliphatic rings. The highest BCUT2D eigenvalue weighted by Crippen LogP contribution is 1.89. The van der Waals surface area contributed by atoms with Crippen LogP contribution in [0.5, 0.6) is 0 Å². The highest BCUT2D eigenvalue weighted by molar-refractivity contribution is 7.07. The minimum Gasteiger partial charge on any atom is -0.478 e. The van der Waals surface area contributed by atoms with Crippen molar-refractivity contribution in [3.05, 3.63) is 41.4 Å². The van der Waals surface area contributed by atoms with Crippen molar-refractivity contribution in [2.75, 3.05) is 0 Å². The molecule has 2 heterocycles. The van der Waals surface area contributed by atoms with E-state index in [-0.39, 0.29) is 5.56 Å². The smallest absolute Gasteiger partial charge is 0.338 e. The molecule has 2 aromatic heterocycles. The van der Waals surface area contributed by atoms with E-state index in [0.717, 1.165) is 0 Å². The topological polar surface area (TPSA) is 76.0 Å². The maximum atomic E-state index is 10.1. The second kappa shape index (κ2) is 5.76. The zero-order valence-corrected chi connectivity index (χ0v) is 7.89. The predicted octanol–water partition coefficient (Wildman–Crippen LogP) is 1.32. The molecule has 0 saturated heterocycles. The second-order valence-electron chi connectivity index (χ2n) is 2.11. The van der Waals surface area contributed by atoms with Crippen LogP contribution in [0.3, 0.4) is 0 Å². The maximum absolute atomic E-state index is 10.1. The van der Waals surface area contributed by atoms with Gasteiger partial charge in [0, 0.05) is 24.0 Å². The Morgan fingerprint density at radius 3 is 2.29 bits per heavy atom. The maximum Gasteiger partial charge on any atom is 0.338 e. The summed E-state index contributed by atoms with van der Waals surface area (Å²) in [6.07, 6.45) is 5.54. The molecule has 2 aromatic rings. The van der Waals surface area contributed by atoms with Gasteiger partial charge in [-0.05, 0) is 0 Å². The van der Waals surface area contributed by atoms with Gasteiger partial charge < -0.3 is 5.11 Å². The summed E-state index contributed by atoms with van der Waals surface area (Å²) in [6.45, 7) is 0. The lowest BCUT2D eigenvalue weighted by molar-refractivity contribution is 0.0696. The molecular weight excluding hydrogens is 202 g/mol. The van der Waals surface area contributed by atoms with Gasteiger partial charge in [0.2, 0.25) is 0 Å². The summed E-state index contributed by atoms with van der Waals surface area (Å²) in [6, 6.07) is 0. The van der Waals surface area contributed by atoms with Crippen LogP contribution in [0, 0.1) is 0 Å². The fraction of sp³-hybridized carbons (Fsp3) is 0. The van der Waals surface area contributed by atoms with Crippen LogP contribution < -0.4 is 0 Å². The van der Waals surface area contributed by atoms with Crippen molar-refractivity contribution in [3.8, 4) is 0 Å².